The summed E-state index contributed by atoms with van der Waals surface area (Å²) in [4.78, 5) is 26.6. The van der Waals surface area contributed by atoms with Crippen LogP contribution in [0.3, 0.4) is 0 Å². The van der Waals surface area contributed by atoms with Gasteiger partial charge in [-0.3, -0.25) is 9.59 Å². The topological polar surface area (TPSA) is 67.9 Å². The van der Waals surface area contributed by atoms with Crippen molar-refractivity contribution < 1.29 is 19.1 Å². The van der Waals surface area contributed by atoms with E-state index < -0.39 is 0 Å². The summed E-state index contributed by atoms with van der Waals surface area (Å²) < 4.78 is 11.3. The molecule has 0 radical (unpaired) electrons. The van der Waals surface area contributed by atoms with Crippen LogP contribution in [0.15, 0.2) is 18.2 Å². The van der Waals surface area contributed by atoms with Gasteiger partial charge in [0.25, 0.3) is 5.91 Å². The number of benzene rings is 1. The molecule has 27 heavy (non-hydrogen) atoms. The van der Waals surface area contributed by atoms with Crippen molar-refractivity contribution in [3.63, 3.8) is 0 Å². The predicted molar refractivity (Wildman–Crippen MR) is 105 cm³/mol. The summed E-state index contributed by atoms with van der Waals surface area (Å²) >= 11 is 0. The summed E-state index contributed by atoms with van der Waals surface area (Å²) in [7, 11) is 0. The van der Waals surface area contributed by atoms with E-state index in [-0.39, 0.29) is 23.8 Å². The maximum absolute atomic E-state index is 12.6. The number of carbonyl (C=O) groups excluding carboxylic acids is 2. The fraction of sp³-hybridized carbons (Fsp3) is 0.619. The highest BCUT2D eigenvalue weighted by Gasteiger charge is 2.25. The quantitative estimate of drug-likeness (QED) is 0.756. The summed E-state index contributed by atoms with van der Waals surface area (Å²) in [6.45, 7) is 10.3. The van der Waals surface area contributed by atoms with Crippen molar-refractivity contribution in [2.75, 3.05) is 26.3 Å². The van der Waals surface area contributed by atoms with Gasteiger partial charge in [0.1, 0.15) is 0 Å². The number of hydrogen-bond acceptors (Lipinski definition) is 4. The first-order chi connectivity index (χ1) is 13.0. The number of ether oxygens (including phenoxy) is 2. The molecule has 0 unspecified atom stereocenters. The molecule has 150 valence electrons. The molecule has 0 spiro atoms. The molecule has 1 N–H and O–H groups in total. The summed E-state index contributed by atoms with van der Waals surface area (Å²) in [5.41, 5.74) is 0.558. The third-order valence-corrected chi connectivity index (χ3v) is 4.60. The predicted octanol–water partition coefficient (Wildman–Crippen LogP) is 3.25. The highest BCUT2D eigenvalue weighted by atomic mass is 16.5. The Hall–Kier alpha value is -2.24. The van der Waals surface area contributed by atoms with Gasteiger partial charge in [0.15, 0.2) is 11.5 Å². The smallest absolute Gasteiger partial charge is 0.251 e. The van der Waals surface area contributed by atoms with Crippen LogP contribution in [0.1, 0.15) is 57.3 Å². The number of nitrogens with one attached hydrogen (secondary N) is 1. The van der Waals surface area contributed by atoms with Crippen LogP contribution < -0.4 is 14.8 Å². The summed E-state index contributed by atoms with van der Waals surface area (Å²) in [6, 6.07) is 5.38. The molecule has 2 rings (SSSR count). The Kier molecular flexibility index (Phi) is 7.95. The van der Waals surface area contributed by atoms with Crippen LogP contribution in [0.2, 0.25) is 0 Å². The van der Waals surface area contributed by atoms with E-state index in [1.165, 1.54) is 0 Å². The summed E-state index contributed by atoms with van der Waals surface area (Å²) in [5, 5.41) is 3.08. The van der Waals surface area contributed by atoms with E-state index in [0.29, 0.717) is 43.4 Å². The van der Waals surface area contributed by atoms with Gasteiger partial charge in [-0.05, 0) is 44.4 Å². The van der Waals surface area contributed by atoms with E-state index in [1.807, 2.05) is 32.6 Å². The van der Waals surface area contributed by atoms with Crippen molar-refractivity contribution in [2.24, 2.45) is 5.92 Å². The van der Waals surface area contributed by atoms with Crippen LogP contribution in [-0.2, 0) is 4.79 Å². The minimum atomic E-state index is -0.119. The molecule has 1 aromatic rings. The number of piperidine rings is 1. The second-order valence-electron chi connectivity index (χ2n) is 7.17. The van der Waals surface area contributed by atoms with Gasteiger partial charge in [0, 0.05) is 30.6 Å². The molecule has 0 aliphatic carbocycles. The number of carbonyl (C=O) groups is 2. The molecule has 1 aliphatic heterocycles. The second-order valence-corrected chi connectivity index (χ2v) is 7.17. The fourth-order valence-corrected chi connectivity index (χ4v) is 3.13. The van der Waals surface area contributed by atoms with Gasteiger partial charge in [-0.2, -0.15) is 0 Å². The maximum Gasteiger partial charge on any atom is 0.251 e. The average Bonchev–Trinajstić information content (AvgIpc) is 2.67. The lowest BCUT2D eigenvalue weighted by Gasteiger charge is -2.33. The Balaban J connectivity index is 1.96. The zero-order valence-electron chi connectivity index (χ0n) is 16.9. The van der Waals surface area contributed by atoms with E-state index in [9.17, 15) is 9.59 Å². The molecular formula is C21H32N2O4. The molecule has 1 fully saturated rings. The van der Waals surface area contributed by atoms with E-state index in [1.54, 1.807) is 18.2 Å². The SMILES string of the molecule is CCCOc1ccc(C(=O)NC2CCN(C(=O)C(C)C)CC2)cc1OCC. The third-order valence-electron chi connectivity index (χ3n) is 4.60. The van der Waals surface area contributed by atoms with Crippen LogP contribution in [0, 0.1) is 5.92 Å². The zero-order chi connectivity index (χ0) is 19.8. The Bertz CT molecular complexity index is 637. The standard InChI is InChI=1S/C21H32N2O4/c1-5-13-27-18-8-7-16(14-19(18)26-6-2)20(24)22-17-9-11-23(12-10-17)21(25)15(3)4/h7-8,14-15,17H,5-6,9-13H2,1-4H3,(H,22,24). The van der Waals surface area contributed by atoms with E-state index in [4.69, 9.17) is 9.47 Å². The van der Waals surface area contributed by atoms with Crippen molar-refractivity contribution in [1.29, 1.82) is 0 Å². The highest BCUT2D eigenvalue weighted by molar-refractivity contribution is 5.95. The highest BCUT2D eigenvalue weighted by Crippen LogP contribution is 2.29. The molecule has 1 heterocycles. The van der Waals surface area contributed by atoms with Gasteiger partial charge in [-0.15, -0.1) is 0 Å². The third kappa shape index (κ3) is 5.88. The molecule has 1 aliphatic rings. The van der Waals surface area contributed by atoms with Crippen LogP contribution >= 0.6 is 0 Å². The zero-order valence-corrected chi connectivity index (χ0v) is 16.9. The van der Waals surface area contributed by atoms with Gasteiger partial charge < -0.3 is 19.7 Å². The molecule has 0 aromatic heterocycles. The van der Waals surface area contributed by atoms with E-state index >= 15 is 0 Å². The summed E-state index contributed by atoms with van der Waals surface area (Å²) in [6.07, 6.45) is 2.46. The van der Waals surface area contributed by atoms with Crippen molar-refractivity contribution in [3.8, 4) is 11.5 Å². The summed E-state index contributed by atoms with van der Waals surface area (Å²) in [5.74, 6) is 1.34. The first-order valence-electron chi connectivity index (χ1n) is 9.95. The normalized spacial score (nSPS) is 14.9. The molecule has 1 aromatic carbocycles. The van der Waals surface area contributed by atoms with Crippen LogP contribution in [-0.4, -0.2) is 49.1 Å². The Morgan fingerprint density at radius 3 is 2.44 bits per heavy atom. The van der Waals surface area contributed by atoms with E-state index in [0.717, 1.165) is 19.3 Å². The molecule has 1 saturated heterocycles. The number of hydrogen-bond donors (Lipinski definition) is 1. The van der Waals surface area contributed by atoms with Crippen molar-refractivity contribution in [1.82, 2.24) is 10.2 Å². The maximum atomic E-state index is 12.6. The van der Waals surface area contributed by atoms with Gasteiger partial charge in [-0.1, -0.05) is 20.8 Å². The largest absolute Gasteiger partial charge is 0.490 e. The Morgan fingerprint density at radius 1 is 1.15 bits per heavy atom. The lowest BCUT2D eigenvalue weighted by Crippen LogP contribution is -2.47. The molecule has 6 heteroatoms. The fourth-order valence-electron chi connectivity index (χ4n) is 3.13. The van der Waals surface area contributed by atoms with Gasteiger partial charge in [0.2, 0.25) is 5.91 Å². The van der Waals surface area contributed by atoms with Crippen LogP contribution in [0.4, 0.5) is 0 Å². The van der Waals surface area contributed by atoms with Crippen LogP contribution in [0.25, 0.3) is 0 Å². The molecule has 2 amide bonds. The Labute approximate surface area is 162 Å². The number of likely N-dealkylation sites (tertiary alicyclic amines) is 1. The first kappa shape index (κ1) is 21.1. The lowest BCUT2D eigenvalue weighted by atomic mass is 10.0. The second kappa shape index (κ2) is 10.2. The molecular weight excluding hydrogens is 344 g/mol. The molecule has 0 atom stereocenters. The minimum absolute atomic E-state index is 0.0153. The van der Waals surface area contributed by atoms with Gasteiger partial charge in [-0.25, -0.2) is 0 Å². The average molecular weight is 376 g/mol. The number of amides is 2. The monoisotopic (exact) mass is 376 g/mol. The minimum Gasteiger partial charge on any atom is -0.490 e. The van der Waals surface area contributed by atoms with Crippen molar-refractivity contribution in [2.45, 2.75) is 53.0 Å². The molecule has 0 saturated carbocycles. The Morgan fingerprint density at radius 2 is 1.85 bits per heavy atom. The van der Waals surface area contributed by atoms with Crippen LogP contribution in [0.5, 0.6) is 11.5 Å². The number of nitrogens with zero attached hydrogens (tertiary/aromatic N) is 1. The van der Waals surface area contributed by atoms with Gasteiger partial charge in [0.05, 0.1) is 13.2 Å². The van der Waals surface area contributed by atoms with Gasteiger partial charge >= 0.3 is 0 Å². The van der Waals surface area contributed by atoms with E-state index in [2.05, 4.69) is 5.32 Å². The first-order valence-corrected chi connectivity index (χ1v) is 9.95. The van der Waals surface area contributed by atoms with Crippen molar-refractivity contribution >= 4 is 11.8 Å². The molecule has 0 bridgehead atoms. The lowest BCUT2D eigenvalue weighted by molar-refractivity contribution is -0.135. The van der Waals surface area contributed by atoms with Crippen molar-refractivity contribution in [3.05, 3.63) is 23.8 Å². The number of rotatable bonds is 8. The molecule has 6 nitrogen and oxygen atoms in total.